The third kappa shape index (κ3) is 1.24. The molecule has 1 saturated carbocycles. The fourth-order valence-corrected chi connectivity index (χ4v) is 0.840. The summed E-state index contributed by atoms with van der Waals surface area (Å²) in [5.41, 5.74) is -0.577. The zero-order chi connectivity index (χ0) is 10.6. The van der Waals surface area contributed by atoms with Gasteiger partial charge in [0.15, 0.2) is 11.4 Å². The average Bonchev–Trinajstić information content (AvgIpc) is 2.21. The normalized spacial score (nSPS) is 19.5. The molecule has 1 fully saturated rings. The molecule has 1 aliphatic carbocycles. The van der Waals surface area contributed by atoms with E-state index in [1.807, 2.05) is 0 Å². The molecule has 0 unspecified atom stereocenters. The first-order chi connectivity index (χ1) is 6.76. The van der Waals surface area contributed by atoms with Gasteiger partial charge in [-0.3, -0.25) is 4.79 Å². The van der Waals surface area contributed by atoms with E-state index < -0.39 is 5.78 Å². The van der Waals surface area contributed by atoms with Crippen LogP contribution in [0.15, 0.2) is 15.0 Å². The van der Waals surface area contributed by atoms with Crippen LogP contribution in [0.4, 0.5) is 0 Å². The van der Waals surface area contributed by atoms with Gasteiger partial charge in [-0.1, -0.05) is 0 Å². The molecule has 0 heterocycles. The van der Waals surface area contributed by atoms with Crippen LogP contribution in [-0.2, 0) is 4.79 Å². The second kappa shape index (κ2) is 3.70. The van der Waals surface area contributed by atoms with Crippen molar-refractivity contribution in [2.24, 2.45) is 15.0 Å². The molecule has 64 valence electrons. The number of nitriles is 3. The second-order valence-corrected chi connectivity index (χ2v) is 2.01. The maximum atomic E-state index is 11.1. The van der Waals surface area contributed by atoms with E-state index in [4.69, 9.17) is 15.8 Å². The summed E-state index contributed by atoms with van der Waals surface area (Å²) in [5.74, 6) is -0.651. The van der Waals surface area contributed by atoms with E-state index >= 15 is 0 Å². The number of nitrogens with zero attached hydrogens (tertiary/aromatic N) is 6. The molecule has 0 amide bonds. The van der Waals surface area contributed by atoms with Crippen molar-refractivity contribution in [1.82, 2.24) is 0 Å². The fraction of sp³-hybridized carbons (Fsp3) is 0. The first-order valence-corrected chi connectivity index (χ1v) is 3.22. The molecule has 0 spiro atoms. The van der Waals surface area contributed by atoms with Crippen LogP contribution >= 0.6 is 0 Å². The number of aliphatic imine (C=N–C) groups is 3. The van der Waals surface area contributed by atoms with Crippen LogP contribution < -0.4 is 0 Å². The number of hydrogen-bond acceptors (Lipinski definition) is 7. The zero-order valence-corrected chi connectivity index (χ0v) is 6.59. The molecule has 1 rings (SSSR count). The summed E-state index contributed by atoms with van der Waals surface area (Å²) in [6.45, 7) is 0. The molecule has 1 aliphatic rings. The maximum absolute atomic E-state index is 11.1. The van der Waals surface area contributed by atoms with Crippen molar-refractivity contribution < 1.29 is 4.79 Å². The molecule has 0 bridgehead atoms. The highest BCUT2D eigenvalue weighted by Gasteiger charge is 2.40. The van der Waals surface area contributed by atoms with Crippen molar-refractivity contribution in [3.63, 3.8) is 0 Å². The minimum Gasteiger partial charge on any atom is -0.285 e. The molecule has 7 heteroatoms. The van der Waals surface area contributed by atoms with E-state index in [1.54, 1.807) is 0 Å². The fourth-order valence-electron chi connectivity index (χ4n) is 0.840. The van der Waals surface area contributed by atoms with Crippen molar-refractivity contribution in [3.05, 3.63) is 0 Å². The summed E-state index contributed by atoms with van der Waals surface area (Å²) >= 11 is 0. The molecular formula is C7N6O. The lowest BCUT2D eigenvalue weighted by Gasteiger charge is -2.14. The van der Waals surface area contributed by atoms with Crippen LogP contribution in [0.25, 0.3) is 0 Å². The van der Waals surface area contributed by atoms with Gasteiger partial charge in [-0.2, -0.15) is 30.8 Å². The first kappa shape index (κ1) is 9.24. The first-order valence-electron chi connectivity index (χ1n) is 3.22. The van der Waals surface area contributed by atoms with Crippen molar-refractivity contribution >= 4 is 22.9 Å². The third-order valence-corrected chi connectivity index (χ3v) is 1.36. The minimum absolute atomic E-state index is 0.111. The number of hydrogen-bond donors (Lipinski definition) is 0. The predicted octanol–water partition coefficient (Wildman–Crippen LogP) is -0.665. The Morgan fingerprint density at radius 3 is 1.50 bits per heavy atom. The molecule has 0 radical (unpaired) electrons. The summed E-state index contributed by atoms with van der Waals surface area (Å²) in [6, 6.07) is 0. The summed E-state index contributed by atoms with van der Waals surface area (Å²) in [5, 5.41) is 24.6. The van der Waals surface area contributed by atoms with Gasteiger partial charge >= 0.3 is 0 Å². The molecule has 0 aromatic carbocycles. The Morgan fingerprint density at radius 2 is 1.14 bits per heavy atom. The van der Waals surface area contributed by atoms with Gasteiger partial charge in [0.05, 0.1) is 0 Å². The smallest absolute Gasteiger partial charge is 0.236 e. The van der Waals surface area contributed by atoms with Crippen LogP contribution in [0.2, 0.25) is 0 Å². The molecule has 7 nitrogen and oxygen atoms in total. The Labute approximate surface area is 77.9 Å². The van der Waals surface area contributed by atoms with Crippen LogP contribution in [0.1, 0.15) is 0 Å². The Kier molecular flexibility index (Phi) is 2.44. The molecule has 14 heavy (non-hydrogen) atoms. The SMILES string of the molecule is N#CN=C1C(=O)C(=NC#N)C1=NC#N. The van der Waals surface area contributed by atoms with Crippen LogP contribution in [0.5, 0.6) is 0 Å². The predicted molar refractivity (Wildman–Crippen MR) is 44.2 cm³/mol. The highest BCUT2D eigenvalue weighted by molar-refractivity contribution is 7.11. The zero-order valence-electron chi connectivity index (χ0n) is 6.59. The highest BCUT2D eigenvalue weighted by Crippen LogP contribution is 2.06. The van der Waals surface area contributed by atoms with E-state index in [2.05, 4.69) is 15.0 Å². The highest BCUT2D eigenvalue weighted by atomic mass is 16.1. The largest absolute Gasteiger partial charge is 0.285 e. The number of carbonyl (C=O) groups is 1. The number of Topliss-reactive ketones (excluding diaryl/α,β-unsaturated/α-hetero) is 1. The lowest BCUT2D eigenvalue weighted by atomic mass is 9.89. The maximum Gasteiger partial charge on any atom is 0.236 e. The lowest BCUT2D eigenvalue weighted by molar-refractivity contribution is -0.107. The quantitative estimate of drug-likeness (QED) is 0.463. The Hall–Kier alpha value is -2.85. The molecular weight excluding hydrogens is 184 g/mol. The topological polar surface area (TPSA) is 126 Å². The van der Waals surface area contributed by atoms with Gasteiger partial charge in [0, 0.05) is 0 Å². The summed E-state index contributed by atoms with van der Waals surface area (Å²) < 4.78 is 0. The van der Waals surface area contributed by atoms with Crippen LogP contribution in [-0.4, -0.2) is 22.9 Å². The second-order valence-electron chi connectivity index (χ2n) is 2.01. The molecule has 0 aliphatic heterocycles. The van der Waals surface area contributed by atoms with E-state index in [9.17, 15) is 4.79 Å². The molecule has 0 atom stereocenters. The van der Waals surface area contributed by atoms with E-state index in [1.165, 1.54) is 18.6 Å². The van der Waals surface area contributed by atoms with Crippen molar-refractivity contribution in [3.8, 4) is 18.6 Å². The Morgan fingerprint density at radius 1 is 0.786 bits per heavy atom. The van der Waals surface area contributed by atoms with Crippen LogP contribution in [0.3, 0.4) is 0 Å². The van der Waals surface area contributed by atoms with Gasteiger partial charge < -0.3 is 0 Å². The number of carbonyl (C=O) groups excluding carboxylic acids is 1. The summed E-state index contributed by atoms with van der Waals surface area (Å²) in [7, 11) is 0. The van der Waals surface area contributed by atoms with Gasteiger partial charge in [0.1, 0.15) is 5.71 Å². The monoisotopic (exact) mass is 184 g/mol. The molecule has 0 N–H and O–H groups in total. The van der Waals surface area contributed by atoms with Crippen molar-refractivity contribution in [2.45, 2.75) is 0 Å². The average molecular weight is 184 g/mol. The van der Waals surface area contributed by atoms with Crippen molar-refractivity contribution in [2.75, 3.05) is 0 Å². The van der Waals surface area contributed by atoms with E-state index in [-0.39, 0.29) is 17.1 Å². The third-order valence-electron chi connectivity index (χ3n) is 1.36. The Bertz CT molecular complexity index is 468. The number of ketones is 1. The Balaban J connectivity index is 3.21. The van der Waals surface area contributed by atoms with E-state index in [0.29, 0.717) is 0 Å². The van der Waals surface area contributed by atoms with Gasteiger partial charge in [0.2, 0.25) is 24.4 Å². The number of rotatable bonds is 0. The molecule has 0 aromatic rings. The molecule has 0 aromatic heterocycles. The lowest BCUT2D eigenvalue weighted by Crippen LogP contribution is -2.50. The van der Waals surface area contributed by atoms with Gasteiger partial charge in [0.25, 0.3) is 0 Å². The minimum atomic E-state index is -0.651. The van der Waals surface area contributed by atoms with Gasteiger partial charge in [-0.15, -0.1) is 0 Å². The molecule has 0 saturated heterocycles. The summed E-state index contributed by atoms with van der Waals surface area (Å²) in [4.78, 5) is 20.6. The van der Waals surface area contributed by atoms with Gasteiger partial charge in [-0.05, 0) is 0 Å². The standard InChI is InChI=1S/C7N6O/c8-1-11-4-5(12-2-9)7(14)6(4)13-3-10. The van der Waals surface area contributed by atoms with Crippen LogP contribution in [0, 0.1) is 34.4 Å². The van der Waals surface area contributed by atoms with E-state index in [0.717, 1.165) is 0 Å². The van der Waals surface area contributed by atoms with Gasteiger partial charge in [-0.25, -0.2) is 0 Å². The summed E-state index contributed by atoms with van der Waals surface area (Å²) in [6.07, 6.45) is 4.20. The van der Waals surface area contributed by atoms with Crippen molar-refractivity contribution in [1.29, 1.82) is 15.8 Å².